The van der Waals surface area contributed by atoms with Gasteiger partial charge in [-0.05, 0) is 45.7 Å². The van der Waals surface area contributed by atoms with E-state index in [1.54, 1.807) is 0 Å². The van der Waals surface area contributed by atoms with Gasteiger partial charge in [0.05, 0.1) is 0 Å². The zero-order chi connectivity index (χ0) is 10.4. The van der Waals surface area contributed by atoms with Crippen LogP contribution in [-0.2, 0) is 0 Å². The molecule has 0 aromatic carbocycles. The number of hydrogen-bond donors (Lipinski definition) is 1. The number of hydrogen-bond acceptors (Lipinski definition) is 2. The summed E-state index contributed by atoms with van der Waals surface area (Å²) in [6, 6.07) is 1.52. The van der Waals surface area contributed by atoms with E-state index in [0.29, 0.717) is 6.04 Å². The van der Waals surface area contributed by atoms with Crippen molar-refractivity contribution in [2.45, 2.75) is 58.5 Å². The maximum Gasteiger partial charge on any atom is 0.0166 e. The normalized spacial score (nSPS) is 25.5. The van der Waals surface area contributed by atoms with Crippen LogP contribution in [0.2, 0.25) is 0 Å². The summed E-state index contributed by atoms with van der Waals surface area (Å²) in [4.78, 5) is 2.66. The number of nitrogens with one attached hydrogen (secondary N) is 1. The van der Waals surface area contributed by atoms with E-state index in [2.05, 4.69) is 31.0 Å². The molecule has 0 aromatic heterocycles. The SMILES string of the molecule is CCCNC(C)CN1CCCC1CC. The van der Waals surface area contributed by atoms with E-state index in [-0.39, 0.29) is 0 Å². The first kappa shape index (κ1) is 12.0. The van der Waals surface area contributed by atoms with Gasteiger partial charge in [-0.25, -0.2) is 0 Å². The van der Waals surface area contributed by atoms with Crippen LogP contribution in [0.3, 0.4) is 0 Å². The molecule has 2 heteroatoms. The van der Waals surface area contributed by atoms with Crippen molar-refractivity contribution < 1.29 is 0 Å². The summed E-state index contributed by atoms with van der Waals surface area (Å²) >= 11 is 0. The van der Waals surface area contributed by atoms with E-state index in [0.717, 1.165) is 12.6 Å². The van der Waals surface area contributed by atoms with E-state index >= 15 is 0 Å². The molecule has 0 bridgehead atoms. The van der Waals surface area contributed by atoms with Crippen molar-refractivity contribution in [2.24, 2.45) is 0 Å². The third-order valence-electron chi connectivity index (χ3n) is 3.22. The predicted octanol–water partition coefficient (Wildman–Crippen LogP) is 2.25. The minimum atomic E-state index is 0.655. The third kappa shape index (κ3) is 3.58. The highest BCUT2D eigenvalue weighted by molar-refractivity contribution is 4.80. The van der Waals surface area contributed by atoms with Crippen molar-refractivity contribution in [3.63, 3.8) is 0 Å². The lowest BCUT2D eigenvalue weighted by molar-refractivity contribution is 0.225. The molecule has 14 heavy (non-hydrogen) atoms. The summed E-state index contributed by atoms with van der Waals surface area (Å²) in [5.41, 5.74) is 0. The highest BCUT2D eigenvalue weighted by Gasteiger charge is 2.23. The van der Waals surface area contributed by atoms with Crippen LogP contribution in [0.5, 0.6) is 0 Å². The molecule has 0 radical (unpaired) electrons. The van der Waals surface area contributed by atoms with E-state index in [1.807, 2.05) is 0 Å². The standard InChI is InChI=1S/C12H26N2/c1-4-8-13-11(3)10-14-9-6-7-12(14)5-2/h11-13H,4-10H2,1-3H3. The lowest BCUT2D eigenvalue weighted by Crippen LogP contribution is -2.41. The van der Waals surface area contributed by atoms with Crippen molar-refractivity contribution in [2.75, 3.05) is 19.6 Å². The Kier molecular flexibility index (Phi) is 5.49. The van der Waals surface area contributed by atoms with Crippen LogP contribution in [0.4, 0.5) is 0 Å². The molecule has 1 fully saturated rings. The molecular formula is C12H26N2. The van der Waals surface area contributed by atoms with Crippen molar-refractivity contribution in [3.05, 3.63) is 0 Å². The zero-order valence-corrected chi connectivity index (χ0v) is 10.1. The first-order valence-electron chi connectivity index (χ1n) is 6.25. The van der Waals surface area contributed by atoms with Crippen molar-refractivity contribution in [1.82, 2.24) is 10.2 Å². The van der Waals surface area contributed by atoms with Gasteiger partial charge in [-0.3, -0.25) is 4.90 Å². The smallest absolute Gasteiger partial charge is 0.0166 e. The lowest BCUT2D eigenvalue weighted by Gasteiger charge is -2.27. The minimum Gasteiger partial charge on any atom is -0.313 e. The first-order chi connectivity index (χ1) is 6.77. The summed E-state index contributed by atoms with van der Waals surface area (Å²) < 4.78 is 0. The molecule has 0 aromatic rings. The van der Waals surface area contributed by atoms with Crippen LogP contribution >= 0.6 is 0 Å². The van der Waals surface area contributed by atoms with Crippen LogP contribution in [0.1, 0.15) is 46.5 Å². The van der Waals surface area contributed by atoms with Crippen LogP contribution in [-0.4, -0.2) is 36.6 Å². The molecule has 0 aliphatic carbocycles. The maximum absolute atomic E-state index is 3.56. The van der Waals surface area contributed by atoms with Crippen LogP contribution in [0.15, 0.2) is 0 Å². The summed E-state index contributed by atoms with van der Waals surface area (Å²) in [5.74, 6) is 0. The Bertz CT molecular complexity index is 147. The van der Waals surface area contributed by atoms with Crippen molar-refractivity contribution >= 4 is 0 Å². The summed E-state index contributed by atoms with van der Waals surface area (Å²) in [7, 11) is 0. The van der Waals surface area contributed by atoms with Crippen molar-refractivity contribution in [3.8, 4) is 0 Å². The molecule has 1 rings (SSSR count). The fourth-order valence-electron chi connectivity index (χ4n) is 2.40. The van der Waals surface area contributed by atoms with Gasteiger partial charge < -0.3 is 5.32 Å². The summed E-state index contributed by atoms with van der Waals surface area (Å²) in [6.45, 7) is 10.6. The van der Waals surface area contributed by atoms with E-state index in [1.165, 1.54) is 38.8 Å². The maximum atomic E-state index is 3.56. The van der Waals surface area contributed by atoms with Gasteiger partial charge in [0.1, 0.15) is 0 Å². The lowest BCUT2D eigenvalue weighted by atomic mass is 10.1. The molecular weight excluding hydrogens is 172 g/mol. The van der Waals surface area contributed by atoms with Crippen LogP contribution in [0.25, 0.3) is 0 Å². The molecule has 0 saturated carbocycles. The monoisotopic (exact) mass is 198 g/mol. The molecule has 1 N–H and O–H groups in total. The molecule has 1 aliphatic heterocycles. The molecule has 2 atom stereocenters. The topological polar surface area (TPSA) is 15.3 Å². The molecule has 0 spiro atoms. The predicted molar refractivity (Wildman–Crippen MR) is 62.6 cm³/mol. The van der Waals surface area contributed by atoms with Gasteiger partial charge in [0.15, 0.2) is 0 Å². The van der Waals surface area contributed by atoms with Crippen LogP contribution in [0, 0.1) is 0 Å². The highest BCUT2D eigenvalue weighted by atomic mass is 15.2. The Morgan fingerprint density at radius 2 is 2.21 bits per heavy atom. The van der Waals surface area contributed by atoms with Gasteiger partial charge >= 0.3 is 0 Å². The Morgan fingerprint density at radius 3 is 2.86 bits per heavy atom. The minimum absolute atomic E-state index is 0.655. The third-order valence-corrected chi connectivity index (χ3v) is 3.22. The van der Waals surface area contributed by atoms with Gasteiger partial charge in [0.2, 0.25) is 0 Å². The van der Waals surface area contributed by atoms with Gasteiger partial charge in [0, 0.05) is 18.6 Å². The Morgan fingerprint density at radius 1 is 1.43 bits per heavy atom. The molecule has 84 valence electrons. The molecule has 2 unspecified atom stereocenters. The Labute approximate surface area is 89.1 Å². The molecule has 2 nitrogen and oxygen atoms in total. The molecule has 1 aliphatic rings. The van der Waals surface area contributed by atoms with E-state index in [4.69, 9.17) is 0 Å². The zero-order valence-electron chi connectivity index (χ0n) is 10.1. The second-order valence-corrected chi connectivity index (χ2v) is 4.55. The Balaban J connectivity index is 2.21. The highest BCUT2D eigenvalue weighted by Crippen LogP contribution is 2.19. The Hall–Kier alpha value is -0.0800. The summed E-state index contributed by atoms with van der Waals surface area (Å²) in [6.07, 6.45) is 5.37. The first-order valence-corrected chi connectivity index (χ1v) is 6.25. The number of rotatable bonds is 6. The van der Waals surface area contributed by atoms with Gasteiger partial charge in [-0.15, -0.1) is 0 Å². The number of nitrogens with zero attached hydrogens (tertiary/aromatic N) is 1. The van der Waals surface area contributed by atoms with Crippen LogP contribution < -0.4 is 5.32 Å². The molecule has 1 heterocycles. The quantitative estimate of drug-likeness (QED) is 0.704. The summed E-state index contributed by atoms with van der Waals surface area (Å²) in [5, 5.41) is 3.56. The molecule has 0 amide bonds. The van der Waals surface area contributed by atoms with E-state index in [9.17, 15) is 0 Å². The fourth-order valence-corrected chi connectivity index (χ4v) is 2.40. The second-order valence-electron chi connectivity index (χ2n) is 4.55. The fraction of sp³-hybridized carbons (Fsp3) is 1.00. The van der Waals surface area contributed by atoms with E-state index < -0.39 is 0 Å². The average molecular weight is 198 g/mol. The van der Waals surface area contributed by atoms with Gasteiger partial charge in [-0.1, -0.05) is 13.8 Å². The number of likely N-dealkylation sites (tertiary alicyclic amines) is 1. The largest absolute Gasteiger partial charge is 0.313 e. The average Bonchev–Trinajstić information content (AvgIpc) is 2.62. The van der Waals surface area contributed by atoms with Crippen molar-refractivity contribution in [1.29, 1.82) is 0 Å². The molecule has 1 saturated heterocycles. The van der Waals surface area contributed by atoms with Gasteiger partial charge in [0.25, 0.3) is 0 Å². The second kappa shape index (κ2) is 6.41. The van der Waals surface area contributed by atoms with Gasteiger partial charge in [-0.2, -0.15) is 0 Å².